The van der Waals surface area contributed by atoms with Crippen LogP contribution in [0.2, 0.25) is 0 Å². The van der Waals surface area contributed by atoms with Gasteiger partial charge in [-0.25, -0.2) is 9.97 Å². The lowest BCUT2D eigenvalue weighted by Gasteiger charge is -2.21. The Hall–Kier alpha value is -7.24. The minimum atomic E-state index is 0.637. The lowest BCUT2D eigenvalue weighted by molar-refractivity contribution is 0.486. The zero-order valence-corrected chi connectivity index (χ0v) is 28.4. The summed E-state index contributed by atoms with van der Waals surface area (Å²) < 4.78 is 10.9. The van der Waals surface area contributed by atoms with Crippen molar-refractivity contribution in [2.24, 2.45) is 0 Å². The van der Waals surface area contributed by atoms with Gasteiger partial charge < -0.3 is 9.30 Å². The fourth-order valence-electron chi connectivity index (χ4n) is 8.56. The summed E-state index contributed by atoms with van der Waals surface area (Å²) in [7, 11) is 0. The number of ether oxygens (including phenoxy) is 1. The first kappa shape index (κ1) is 28.5. The van der Waals surface area contributed by atoms with Crippen molar-refractivity contribution in [2.75, 3.05) is 0 Å². The highest BCUT2D eigenvalue weighted by molar-refractivity contribution is 6.19. The number of para-hydroxylation sites is 3. The molecule has 0 amide bonds. The summed E-state index contributed by atoms with van der Waals surface area (Å²) in [4.78, 5) is 10.5. The van der Waals surface area contributed by atoms with Crippen LogP contribution in [0.25, 0.3) is 99.3 Å². The molecule has 11 aromatic rings. The third-order valence-electron chi connectivity index (χ3n) is 10.9. The molecule has 1 aliphatic rings. The van der Waals surface area contributed by atoms with E-state index >= 15 is 0 Å². The highest BCUT2D eigenvalue weighted by Gasteiger charge is 2.25. The van der Waals surface area contributed by atoms with E-state index in [0.717, 1.165) is 72.3 Å². The molecule has 53 heavy (non-hydrogen) atoms. The average molecular weight is 677 g/mol. The molecule has 3 aromatic heterocycles. The van der Waals surface area contributed by atoms with Crippen LogP contribution in [0.3, 0.4) is 0 Å². The summed E-state index contributed by atoms with van der Waals surface area (Å²) in [6.45, 7) is 0. The van der Waals surface area contributed by atoms with Gasteiger partial charge in [-0.15, -0.1) is 0 Å². The van der Waals surface area contributed by atoms with Crippen LogP contribution in [0.4, 0.5) is 0 Å². The van der Waals surface area contributed by atoms with Crippen molar-refractivity contribution >= 4 is 65.3 Å². The van der Waals surface area contributed by atoms with E-state index in [1.807, 2.05) is 30.3 Å². The first-order chi connectivity index (χ1) is 26.3. The fourth-order valence-corrected chi connectivity index (χ4v) is 8.56. The second-order valence-electron chi connectivity index (χ2n) is 13.8. The predicted octanol–water partition coefficient (Wildman–Crippen LogP) is 12.4. The van der Waals surface area contributed by atoms with E-state index in [9.17, 15) is 0 Å². The Balaban J connectivity index is 1.11. The molecular formula is C48H28N4O. The number of rotatable bonds is 3. The average Bonchev–Trinajstić information content (AvgIpc) is 3.74. The van der Waals surface area contributed by atoms with Gasteiger partial charge in [-0.2, -0.15) is 0 Å². The van der Waals surface area contributed by atoms with Gasteiger partial charge in [-0.3, -0.25) is 4.57 Å². The molecule has 0 fully saturated rings. The van der Waals surface area contributed by atoms with Gasteiger partial charge >= 0.3 is 0 Å². The van der Waals surface area contributed by atoms with Crippen LogP contribution in [-0.4, -0.2) is 19.1 Å². The Labute approximate surface area is 303 Å². The molecule has 0 bridgehead atoms. The van der Waals surface area contributed by atoms with Crippen LogP contribution >= 0.6 is 0 Å². The first-order valence-electron chi connectivity index (χ1n) is 17.9. The van der Waals surface area contributed by atoms with Crippen molar-refractivity contribution < 1.29 is 4.74 Å². The smallest absolute Gasteiger partial charge is 0.235 e. The Morgan fingerprint density at radius 1 is 0.434 bits per heavy atom. The molecule has 5 nitrogen and oxygen atoms in total. The second-order valence-corrected chi connectivity index (χ2v) is 13.8. The zero-order chi connectivity index (χ0) is 34.6. The van der Waals surface area contributed by atoms with E-state index in [2.05, 4.69) is 149 Å². The lowest BCUT2D eigenvalue weighted by Crippen LogP contribution is -2.06. The van der Waals surface area contributed by atoms with E-state index < -0.39 is 0 Å². The minimum Gasteiger partial charge on any atom is -0.456 e. The van der Waals surface area contributed by atoms with Gasteiger partial charge in [0, 0.05) is 38.2 Å². The first-order valence-corrected chi connectivity index (χ1v) is 17.9. The maximum atomic E-state index is 6.30. The molecule has 0 aliphatic carbocycles. The monoisotopic (exact) mass is 676 g/mol. The number of benzene rings is 8. The molecule has 0 atom stereocenters. The Morgan fingerprint density at radius 2 is 1.15 bits per heavy atom. The molecule has 0 saturated heterocycles. The SMILES string of the molecule is c1ccc(-n2c3ccc(-c4ccc5c6ccccc6n(-c6nc7c8c(cccc8n6)Oc6ccccc6-7)c5c4)cc3c3ccc4ccccc4c32)cc1. The van der Waals surface area contributed by atoms with Crippen molar-refractivity contribution in [1.82, 2.24) is 19.1 Å². The molecule has 246 valence electrons. The van der Waals surface area contributed by atoms with Crippen LogP contribution < -0.4 is 4.74 Å². The Bertz CT molecular complexity index is 3320. The molecule has 0 unspecified atom stereocenters. The number of hydrogen-bond donors (Lipinski definition) is 0. The summed E-state index contributed by atoms with van der Waals surface area (Å²) in [5, 5.41) is 8.20. The van der Waals surface area contributed by atoms with Gasteiger partial charge in [0.15, 0.2) is 0 Å². The van der Waals surface area contributed by atoms with Crippen molar-refractivity contribution in [3.63, 3.8) is 0 Å². The third-order valence-corrected chi connectivity index (χ3v) is 10.9. The highest BCUT2D eigenvalue weighted by Crippen LogP contribution is 2.46. The topological polar surface area (TPSA) is 44.9 Å². The van der Waals surface area contributed by atoms with Gasteiger partial charge in [0.2, 0.25) is 5.95 Å². The van der Waals surface area contributed by atoms with E-state index in [-0.39, 0.29) is 0 Å². The van der Waals surface area contributed by atoms with Gasteiger partial charge in [0.25, 0.3) is 0 Å². The zero-order valence-electron chi connectivity index (χ0n) is 28.4. The summed E-state index contributed by atoms with van der Waals surface area (Å²) in [5.74, 6) is 2.22. The van der Waals surface area contributed by atoms with E-state index in [1.165, 1.54) is 32.6 Å². The van der Waals surface area contributed by atoms with Crippen molar-refractivity contribution in [3.8, 4) is 45.5 Å². The molecule has 0 N–H and O–H groups in total. The van der Waals surface area contributed by atoms with Crippen molar-refractivity contribution in [3.05, 3.63) is 170 Å². The number of fused-ring (bicyclic) bond motifs is 10. The molecular weight excluding hydrogens is 649 g/mol. The van der Waals surface area contributed by atoms with Crippen LogP contribution in [0.5, 0.6) is 11.5 Å². The number of aromatic nitrogens is 4. The summed E-state index contributed by atoms with van der Waals surface area (Å²) in [6.07, 6.45) is 0. The third kappa shape index (κ3) is 4.02. The summed E-state index contributed by atoms with van der Waals surface area (Å²) >= 11 is 0. The van der Waals surface area contributed by atoms with Gasteiger partial charge in [-0.1, -0.05) is 109 Å². The molecule has 8 aromatic carbocycles. The van der Waals surface area contributed by atoms with Crippen molar-refractivity contribution in [2.45, 2.75) is 0 Å². The standard InChI is InChI=1S/C48H28N4O/c1-2-12-32(13-3-1)51-41-26-23-30(27-38(41)36-25-21-29-11-4-5-14-33(29)47(36)51)31-22-24-35-34-15-6-8-18-40(34)52(42(35)28-31)48-49-39-17-10-20-44-45(39)46(50-48)37-16-7-9-19-43(37)53-44/h1-28H. The molecule has 0 spiro atoms. The van der Waals surface area contributed by atoms with Crippen LogP contribution in [0.1, 0.15) is 0 Å². The van der Waals surface area contributed by atoms with Crippen LogP contribution in [0, 0.1) is 0 Å². The summed E-state index contributed by atoms with van der Waals surface area (Å²) in [5.41, 5.74) is 10.7. The minimum absolute atomic E-state index is 0.637. The van der Waals surface area contributed by atoms with Gasteiger partial charge in [-0.05, 0) is 77.2 Å². The quantitative estimate of drug-likeness (QED) is 0.187. The second kappa shape index (κ2) is 10.6. The van der Waals surface area contributed by atoms with E-state index in [1.54, 1.807) is 0 Å². The predicted molar refractivity (Wildman–Crippen MR) is 217 cm³/mol. The van der Waals surface area contributed by atoms with E-state index in [4.69, 9.17) is 14.7 Å². The van der Waals surface area contributed by atoms with Gasteiger partial charge in [0.05, 0.1) is 38.7 Å². The Morgan fingerprint density at radius 3 is 2.09 bits per heavy atom. The highest BCUT2D eigenvalue weighted by atomic mass is 16.5. The normalized spacial score (nSPS) is 12.3. The number of nitrogens with zero attached hydrogens (tertiary/aromatic N) is 4. The molecule has 1 aliphatic heterocycles. The number of hydrogen-bond acceptors (Lipinski definition) is 3. The maximum Gasteiger partial charge on any atom is 0.235 e. The summed E-state index contributed by atoms with van der Waals surface area (Å²) in [6, 6.07) is 60.3. The Kier molecular flexibility index (Phi) is 5.71. The molecule has 4 heterocycles. The maximum absolute atomic E-state index is 6.30. The molecule has 5 heteroatoms. The van der Waals surface area contributed by atoms with Crippen molar-refractivity contribution in [1.29, 1.82) is 0 Å². The van der Waals surface area contributed by atoms with Crippen LogP contribution in [-0.2, 0) is 0 Å². The lowest BCUT2D eigenvalue weighted by atomic mass is 10.0. The molecule has 0 radical (unpaired) electrons. The molecule has 0 saturated carbocycles. The van der Waals surface area contributed by atoms with Gasteiger partial charge in [0.1, 0.15) is 11.5 Å². The molecule has 12 rings (SSSR count). The fraction of sp³-hybridized carbons (Fsp3) is 0. The van der Waals surface area contributed by atoms with Crippen LogP contribution in [0.15, 0.2) is 170 Å². The largest absolute Gasteiger partial charge is 0.456 e. The van der Waals surface area contributed by atoms with E-state index in [0.29, 0.717) is 5.95 Å².